The van der Waals surface area contributed by atoms with Gasteiger partial charge in [-0.15, -0.1) is 0 Å². The van der Waals surface area contributed by atoms with Crippen molar-refractivity contribution >= 4 is 0 Å². The zero-order valence-electron chi connectivity index (χ0n) is 9.13. The fraction of sp³-hybridized carbons (Fsp3) is 0.583. The summed E-state index contributed by atoms with van der Waals surface area (Å²) in [5.41, 5.74) is 1.21. The first-order chi connectivity index (χ1) is 6.65. The fourth-order valence-corrected chi connectivity index (χ4v) is 1.47. The van der Waals surface area contributed by atoms with E-state index in [4.69, 9.17) is 9.68 Å². The van der Waals surface area contributed by atoms with E-state index in [1.807, 2.05) is 6.92 Å². The minimum Gasteiger partial charge on any atom is -0.466 e. The molecule has 0 saturated heterocycles. The quantitative estimate of drug-likeness (QED) is 0.680. The zero-order chi connectivity index (χ0) is 10.6. The van der Waals surface area contributed by atoms with Crippen molar-refractivity contribution in [3.8, 4) is 6.07 Å². The lowest BCUT2D eigenvalue weighted by Gasteiger charge is -2.05. The average Bonchev–Trinajstić information content (AvgIpc) is 2.47. The number of unbranched alkanes of at least 4 members (excludes halogenated alkanes) is 1. The molecule has 1 rings (SSSR count). The molecule has 0 spiro atoms. The van der Waals surface area contributed by atoms with Crippen molar-refractivity contribution < 1.29 is 4.42 Å². The van der Waals surface area contributed by atoms with E-state index in [1.165, 1.54) is 5.56 Å². The van der Waals surface area contributed by atoms with Crippen LogP contribution in [-0.2, 0) is 0 Å². The van der Waals surface area contributed by atoms with Gasteiger partial charge in [0, 0.05) is 12.3 Å². The molecule has 1 aromatic rings. The van der Waals surface area contributed by atoms with Crippen LogP contribution in [0.25, 0.3) is 0 Å². The highest BCUT2D eigenvalue weighted by Gasteiger charge is 2.11. The van der Waals surface area contributed by atoms with Gasteiger partial charge in [0.1, 0.15) is 11.5 Å². The second-order valence-corrected chi connectivity index (χ2v) is 3.84. The van der Waals surface area contributed by atoms with E-state index in [0.717, 1.165) is 24.4 Å². The number of nitrogens with zero attached hydrogens (tertiary/aromatic N) is 1. The number of nitriles is 1. The van der Waals surface area contributed by atoms with Gasteiger partial charge in [-0.2, -0.15) is 5.26 Å². The predicted octanol–water partition coefficient (Wildman–Crippen LogP) is 3.69. The fourth-order valence-electron chi connectivity index (χ4n) is 1.47. The molecule has 14 heavy (non-hydrogen) atoms. The van der Waals surface area contributed by atoms with Crippen LogP contribution in [0.4, 0.5) is 0 Å². The Balaban J connectivity index is 2.52. The first-order valence-corrected chi connectivity index (χ1v) is 5.09. The summed E-state index contributed by atoms with van der Waals surface area (Å²) in [5.74, 6) is 2.49. The van der Waals surface area contributed by atoms with E-state index < -0.39 is 0 Å². The van der Waals surface area contributed by atoms with Crippen LogP contribution in [0, 0.1) is 25.2 Å². The Bertz CT molecular complexity index is 313. The molecule has 1 atom stereocenters. The van der Waals surface area contributed by atoms with Gasteiger partial charge in [0.05, 0.1) is 6.07 Å². The lowest BCUT2D eigenvalue weighted by Crippen LogP contribution is -1.90. The maximum Gasteiger partial charge on any atom is 0.107 e. The number of hydrogen-bond donors (Lipinski definition) is 0. The van der Waals surface area contributed by atoms with E-state index in [1.54, 1.807) is 0 Å². The molecule has 1 aromatic heterocycles. The van der Waals surface area contributed by atoms with Crippen LogP contribution < -0.4 is 0 Å². The number of furan rings is 1. The lowest BCUT2D eigenvalue weighted by atomic mass is 10.0. The molecule has 1 heterocycles. The van der Waals surface area contributed by atoms with Crippen LogP contribution in [0.15, 0.2) is 10.5 Å². The first kappa shape index (κ1) is 10.8. The summed E-state index contributed by atoms with van der Waals surface area (Å²) < 4.78 is 5.62. The summed E-state index contributed by atoms with van der Waals surface area (Å²) in [4.78, 5) is 0. The molecule has 0 fully saturated rings. The molecular formula is C12H17NO. The third-order valence-electron chi connectivity index (χ3n) is 2.60. The Hall–Kier alpha value is -1.23. The summed E-state index contributed by atoms with van der Waals surface area (Å²) >= 11 is 0. The summed E-state index contributed by atoms with van der Waals surface area (Å²) in [6.45, 7) is 6.19. The molecule has 0 aromatic carbocycles. The van der Waals surface area contributed by atoms with Crippen LogP contribution >= 0.6 is 0 Å². The smallest absolute Gasteiger partial charge is 0.107 e. The van der Waals surface area contributed by atoms with Crippen LogP contribution in [0.3, 0.4) is 0 Å². The van der Waals surface area contributed by atoms with Crippen molar-refractivity contribution in [1.29, 1.82) is 5.26 Å². The highest BCUT2D eigenvalue weighted by molar-refractivity contribution is 5.20. The van der Waals surface area contributed by atoms with Gasteiger partial charge in [-0.25, -0.2) is 0 Å². The topological polar surface area (TPSA) is 36.9 Å². The monoisotopic (exact) mass is 191 g/mol. The summed E-state index contributed by atoms with van der Waals surface area (Å²) in [5, 5.41) is 8.42. The Labute approximate surface area is 85.5 Å². The Morgan fingerprint density at radius 2 is 2.21 bits per heavy atom. The van der Waals surface area contributed by atoms with Crippen molar-refractivity contribution in [2.75, 3.05) is 0 Å². The van der Waals surface area contributed by atoms with E-state index in [9.17, 15) is 0 Å². The van der Waals surface area contributed by atoms with Crippen LogP contribution in [-0.4, -0.2) is 0 Å². The molecule has 1 unspecified atom stereocenters. The molecular weight excluding hydrogens is 174 g/mol. The number of rotatable bonds is 4. The van der Waals surface area contributed by atoms with E-state index in [0.29, 0.717) is 12.3 Å². The molecule has 0 aliphatic rings. The summed E-state index contributed by atoms with van der Waals surface area (Å²) in [7, 11) is 0. The molecule has 2 heteroatoms. The molecule has 0 bridgehead atoms. The summed E-state index contributed by atoms with van der Waals surface area (Å²) in [6, 6.07) is 4.26. The minimum atomic E-state index is 0.427. The van der Waals surface area contributed by atoms with Gasteiger partial charge in [0.15, 0.2) is 0 Å². The van der Waals surface area contributed by atoms with Crippen molar-refractivity contribution in [3.63, 3.8) is 0 Å². The molecule has 0 aliphatic heterocycles. The van der Waals surface area contributed by atoms with Gasteiger partial charge in [0.2, 0.25) is 0 Å². The van der Waals surface area contributed by atoms with Crippen molar-refractivity contribution in [2.45, 2.75) is 46.0 Å². The molecule has 2 nitrogen and oxygen atoms in total. The molecule has 0 N–H and O–H groups in total. The molecule has 76 valence electrons. The van der Waals surface area contributed by atoms with Crippen molar-refractivity contribution in [3.05, 3.63) is 23.2 Å². The highest BCUT2D eigenvalue weighted by Crippen LogP contribution is 2.25. The summed E-state index contributed by atoms with van der Waals surface area (Å²) in [6.07, 6.45) is 2.62. The van der Waals surface area contributed by atoms with Crippen LogP contribution in [0.2, 0.25) is 0 Å². The largest absolute Gasteiger partial charge is 0.466 e. The Morgan fingerprint density at radius 3 is 2.71 bits per heavy atom. The van der Waals surface area contributed by atoms with Gasteiger partial charge in [-0.1, -0.05) is 6.92 Å². The van der Waals surface area contributed by atoms with Gasteiger partial charge < -0.3 is 4.42 Å². The zero-order valence-corrected chi connectivity index (χ0v) is 9.13. The number of hydrogen-bond acceptors (Lipinski definition) is 2. The third kappa shape index (κ3) is 2.63. The van der Waals surface area contributed by atoms with E-state index in [-0.39, 0.29) is 0 Å². The molecule has 0 radical (unpaired) electrons. The predicted molar refractivity (Wildman–Crippen MR) is 56.1 cm³/mol. The SMILES string of the molecule is Cc1cc(C(C)CCCC#N)oc1C. The van der Waals surface area contributed by atoms with Crippen molar-refractivity contribution in [2.24, 2.45) is 0 Å². The third-order valence-corrected chi connectivity index (χ3v) is 2.60. The maximum absolute atomic E-state index is 8.42. The standard InChI is InChI=1S/C12H17NO/c1-9(6-4-5-7-13)12-8-10(2)11(3)14-12/h8-9H,4-6H2,1-3H3. The Morgan fingerprint density at radius 1 is 1.50 bits per heavy atom. The van der Waals surface area contributed by atoms with Gasteiger partial charge in [0.25, 0.3) is 0 Å². The molecule has 0 saturated carbocycles. The van der Waals surface area contributed by atoms with Gasteiger partial charge in [-0.05, 0) is 38.3 Å². The van der Waals surface area contributed by atoms with Crippen molar-refractivity contribution in [1.82, 2.24) is 0 Å². The second-order valence-electron chi connectivity index (χ2n) is 3.84. The highest BCUT2D eigenvalue weighted by atomic mass is 16.3. The lowest BCUT2D eigenvalue weighted by molar-refractivity contribution is 0.438. The van der Waals surface area contributed by atoms with Gasteiger partial charge in [-0.3, -0.25) is 0 Å². The maximum atomic E-state index is 8.42. The first-order valence-electron chi connectivity index (χ1n) is 5.09. The van der Waals surface area contributed by atoms with Crippen LogP contribution in [0.1, 0.15) is 49.2 Å². The Kier molecular flexibility index (Phi) is 3.76. The number of aryl methyl sites for hydroxylation is 2. The van der Waals surface area contributed by atoms with Crippen LogP contribution in [0.5, 0.6) is 0 Å². The average molecular weight is 191 g/mol. The van der Waals surface area contributed by atoms with E-state index in [2.05, 4.69) is 26.0 Å². The van der Waals surface area contributed by atoms with Gasteiger partial charge >= 0.3 is 0 Å². The molecule has 0 aliphatic carbocycles. The van der Waals surface area contributed by atoms with E-state index >= 15 is 0 Å². The minimum absolute atomic E-state index is 0.427. The normalized spacial score (nSPS) is 12.4. The second kappa shape index (κ2) is 4.85. The molecule has 0 amide bonds.